The smallest absolute Gasteiger partial charge is 0.355 e. The number of carbonyl (C=O) groups is 2. The molecule has 0 aliphatic heterocycles. The van der Waals surface area contributed by atoms with E-state index in [1.807, 2.05) is 0 Å². The number of carboxylic acid groups (broad SMARTS) is 2. The summed E-state index contributed by atoms with van der Waals surface area (Å²) in [5, 5.41) is 18.3. The average molecular weight is 271 g/mol. The van der Waals surface area contributed by atoms with Gasteiger partial charge in [-0.1, -0.05) is 18.2 Å². The van der Waals surface area contributed by atoms with Crippen molar-refractivity contribution in [2.45, 2.75) is 0 Å². The Kier molecular flexibility index (Phi) is 6.94. The van der Waals surface area contributed by atoms with Gasteiger partial charge in [-0.25, -0.2) is 14.6 Å². The maximum absolute atomic E-state index is 10.9. The van der Waals surface area contributed by atoms with Crippen LogP contribution in [0.15, 0.2) is 30.3 Å². The SMILES string of the molecule is O.O.O.O=C(O)c1cc2ccccc2nc1C(=O)O. The second-order valence-electron chi connectivity index (χ2n) is 3.19. The van der Waals surface area contributed by atoms with Crippen molar-refractivity contribution in [2.24, 2.45) is 0 Å². The molecule has 1 aromatic heterocycles. The first-order valence-electron chi connectivity index (χ1n) is 4.46. The van der Waals surface area contributed by atoms with E-state index in [0.29, 0.717) is 10.9 Å². The van der Waals surface area contributed by atoms with Crippen LogP contribution >= 0.6 is 0 Å². The summed E-state index contributed by atoms with van der Waals surface area (Å²) in [4.78, 5) is 25.5. The van der Waals surface area contributed by atoms with Gasteiger partial charge in [0.25, 0.3) is 0 Å². The van der Waals surface area contributed by atoms with Crippen molar-refractivity contribution in [1.82, 2.24) is 4.98 Å². The molecule has 0 spiro atoms. The van der Waals surface area contributed by atoms with Crippen molar-refractivity contribution < 1.29 is 36.2 Å². The zero-order valence-corrected chi connectivity index (χ0v) is 9.54. The standard InChI is InChI=1S/C11H7NO4.3H2O/c13-10(14)7-5-6-3-1-2-4-8(6)12-9(7)11(15)16;;;/h1-5H,(H,13,14)(H,15,16);3*1H2. The molecule has 104 valence electrons. The Morgan fingerprint density at radius 2 is 1.53 bits per heavy atom. The van der Waals surface area contributed by atoms with Crippen LogP contribution in [-0.2, 0) is 0 Å². The third-order valence-electron chi connectivity index (χ3n) is 2.16. The molecule has 0 amide bonds. The summed E-state index contributed by atoms with van der Waals surface area (Å²) >= 11 is 0. The summed E-state index contributed by atoms with van der Waals surface area (Å²) in [5.41, 5.74) is -0.276. The van der Waals surface area contributed by atoms with Gasteiger partial charge in [-0.05, 0) is 12.1 Å². The molecule has 0 aliphatic rings. The number of aromatic carboxylic acids is 2. The Hall–Kier alpha value is -2.55. The minimum atomic E-state index is -1.34. The monoisotopic (exact) mass is 271 g/mol. The Morgan fingerprint density at radius 3 is 2.05 bits per heavy atom. The number of rotatable bonds is 2. The predicted molar refractivity (Wildman–Crippen MR) is 66.5 cm³/mol. The number of pyridine rings is 1. The van der Waals surface area contributed by atoms with Gasteiger partial charge in [0.05, 0.1) is 11.1 Å². The number of carboxylic acids is 2. The summed E-state index contributed by atoms with van der Waals surface area (Å²) in [6.07, 6.45) is 0. The van der Waals surface area contributed by atoms with E-state index < -0.39 is 17.6 Å². The number of para-hydroxylation sites is 1. The first-order chi connectivity index (χ1) is 7.59. The molecule has 0 fully saturated rings. The van der Waals surface area contributed by atoms with Crippen LogP contribution in [0.1, 0.15) is 20.8 Å². The van der Waals surface area contributed by atoms with Crippen molar-refractivity contribution in [3.05, 3.63) is 41.6 Å². The molecule has 0 unspecified atom stereocenters. The van der Waals surface area contributed by atoms with E-state index in [9.17, 15) is 9.59 Å². The van der Waals surface area contributed by atoms with Crippen LogP contribution in [0.25, 0.3) is 10.9 Å². The highest BCUT2D eigenvalue weighted by atomic mass is 16.4. The lowest BCUT2D eigenvalue weighted by atomic mass is 10.1. The minimum absolute atomic E-state index is 0. The zero-order valence-electron chi connectivity index (χ0n) is 9.54. The molecule has 0 atom stereocenters. The topological polar surface area (TPSA) is 182 Å². The first-order valence-corrected chi connectivity index (χ1v) is 4.46. The van der Waals surface area contributed by atoms with Crippen LogP contribution in [0.3, 0.4) is 0 Å². The van der Waals surface area contributed by atoms with E-state index in [4.69, 9.17) is 10.2 Å². The summed E-state index contributed by atoms with van der Waals surface area (Å²) < 4.78 is 0. The van der Waals surface area contributed by atoms with E-state index in [-0.39, 0.29) is 22.0 Å². The number of aromatic nitrogens is 1. The third kappa shape index (κ3) is 3.45. The normalized spacial score (nSPS) is 8.63. The molecule has 2 rings (SSSR count). The predicted octanol–water partition coefficient (Wildman–Crippen LogP) is -0.843. The molecule has 1 heterocycles. The van der Waals surface area contributed by atoms with Crippen LogP contribution in [0.4, 0.5) is 0 Å². The lowest BCUT2D eigenvalue weighted by Crippen LogP contribution is -2.10. The average Bonchev–Trinajstić information content (AvgIpc) is 2.27. The largest absolute Gasteiger partial charge is 0.478 e. The lowest BCUT2D eigenvalue weighted by molar-refractivity contribution is 0.0647. The highest BCUT2D eigenvalue weighted by molar-refractivity contribution is 6.03. The fourth-order valence-electron chi connectivity index (χ4n) is 1.44. The van der Waals surface area contributed by atoms with Gasteiger partial charge < -0.3 is 26.6 Å². The molecule has 0 bridgehead atoms. The van der Waals surface area contributed by atoms with Gasteiger partial charge in [0.1, 0.15) is 0 Å². The van der Waals surface area contributed by atoms with Gasteiger partial charge >= 0.3 is 11.9 Å². The van der Waals surface area contributed by atoms with Crippen LogP contribution in [0.2, 0.25) is 0 Å². The van der Waals surface area contributed by atoms with Crippen LogP contribution < -0.4 is 0 Å². The molecule has 8 N–H and O–H groups in total. The van der Waals surface area contributed by atoms with E-state index in [0.717, 1.165) is 0 Å². The molecule has 0 saturated heterocycles. The van der Waals surface area contributed by atoms with Gasteiger partial charge in [0.2, 0.25) is 0 Å². The number of nitrogens with zero attached hydrogens (tertiary/aromatic N) is 1. The Bertz CT molecular complexity index is 544. The van der Waals surface area contributed by atoms with Gasteiger partial charge in [-0.2, -0.15) is 0 Å². The maximum Gasteiger partial charge on any atom is 0.355 e. The number of fused-ring (bicyclic) bond motifs is 1. The highest BCUT2D eigenvalue weighted by Crippen LogP contribution is 2.16. The molecule has 8 nitrogen and oxygen atoms in total. The summed E-state index contributed by atoms with van der Waals surface area (Å²) in [7, 11) is 0. The number of benzene rings is 1. The van der Waals surface area contributed by atoms with E-state index in [2.05, 4.69) is 4.98 Å². The Morgan fingerprint density at radius 1 is 0.947 bits per heavy atom. The van der Waals surface area contributed by atoms with Gasteiger partial charge in [0, 0.05) is 5.39 Å². The van der Waals surface area contributed by atoms with Crippen LogP contribution in [0.5, 0.6) is 0 Å². The van der Waals surface area contributed by atoms with Gasteiger partial charge in [-0.15, -0.1) is 0 Å². The maximum atomic E-state index is 10.9. The fourth-order valence-corrected chi connectivity index (χ4v) is 1.44. The summed E-state index contributed by atoms with van der Waals surface area (Å²) in [6, 6.07) is 8.07. The Labute approximate surface area is 106 Å². The third-order valence-corrected chi connectivity index (χ3v) is 2.16. The van der Waals surface area contributed by atoms with Crippen molar-refractivity contribution in [3.63, 3.8) is 0 Å². The Balaban J connectivity index is 0. The number of hydrogen-bond acceptors (Lipinski definition) is 3. The van der Waals surface area contributed by atoms with Crippen LogP contribution in [-0.4, -0.2) is 43.6 Å². The molecular formula is C11H13NO7. The van der Waals surface area contributed by atoms with Crippen molar-refractivity contribution in [2.75, 3.05) is 0 Å². The van der Waals surface area contributed by atoms with Crippen molar-refractivity contribution >= 4 is 22.8 Å². The van der Waals surface area contributed by atoms with E-state index in [1.165, 1.54) is 6.07 Å². The second kappa shape index (κ2) is 7.01. The fraction of sp³-hybridized carbons (Fsp3) is 0. The molecule has 2 aromatic rings. The second-order valence-corrected chi connectivity index (χ2v) is 3.19. The summed E-state index contributed by atoms with van der Waals surface area (Å²) in [6.45, 7) is 0. The van der Waals surface area contributed by atoms with Crippen molar-refractivity contribution in [1.29, 1.82) is 0 Å². The molecule has 8 heteroatoms. The first kappa shape index (κ1) is 18.8. The lowest BCUT2D eigenvalue weighted by Gasteiger charge is -2.03. The van der Waals surface area contributed by atoms with Crippen molar-refractivity contribution in [3.8, 4) is 0 Å². The molecule has 0 saturated carbocycles. The zero-order chi connectivity index (χ0) is 11.7. The quantitative estimate of drug-likeness (QED) is 0.720. The summed E-state index contributed by atoms with van der Waals surface area (Å²) in [5.74, 6) is -2.64. The molecule has 0 aliphatic carbocycles. The van der Waals surface area contributed by atoms with Gasteiger partial charge in [-0.3, -0.25) is 0 Å². The van der Waals surface area contributed by atoms with E-state index >= 15 is 0 Å². The van der Waals surface area contributed by atoms with E-state index in [1.54, 1.807) is 24.3 Å². The molecule has 19 heavy (non-hydrogen) atoms. The minimum Gasteiger partial charge on any atom is -0.478 e. The molecular weight excluding hydrogens is 258 g/mol. The highest BCUT2D eigenvalue weighted by Gasteiger charge is 2.18. The van der Waals surface area contributed by atoms with Crippen LogP contribution in [0, 0.1) is 0 Å². The van der Waals surface area contributed by atoms with Gasteiger partial charge in [0.15, 0.2) is 5.69 Å². The molecule has 0 radical (unpaired) electrons. The molecule has 1 aromatic carbocycles. The number of hydrogen-bond donors (Lipinski definition) is 2.